The number of aromatic nitrogens is 2. The van der Waals surface area contributed by atoms with Crippen LogP contribution in [0.5, 0.6) is 0 Å². The lowest BCUT2D eigenvalue weighted by molar-refractivity contribution is 0.725. The molecule has 0 unspecified atom stereocenters. The van der Waals surface area contributed by atoms with Gasteiger partial charge in [0.2, 0.25) is 0 Å². The van der Waals surface area contributed by atoms with Gasteiger partial charge in [-0.25, -0.2) is 9.97 Å². The Balaban J connectivity index is 2.02. The zero-order valence-corrected chi connectivity index (χ0v) is 10.8. The lowest BCUT2D eigenvalue weighted by Gasteiger charge is -2.02. The van der Waals surface area contributed by atoms with E-state index in [9.17, 15) is 0 Å². The van der Waals surface area contributed by atoms with E-state index in [1.165, 1.54) is 24.8 Å². The second-order valence-electron chi connectivity index (χ2n) is 3.92. The van der Waals surface area contributed by atoms with Gasteiger partial charge in [-0.3, -0.25) is 0 Å². The third kappa shape index (κ3) is 3.01. The molecule has 0 spiro atoms. The monoisotopic (exact) mass is 278 g/mol. The van der Waals surface area contributed by atoms with Crippen molar-refractivity contribution in [3.8, 4) is 0 Å². The smallest absolute Gasteiger partial charge is 0.116 e. The van der Waals surface area contributed by atoms with Gasteiger partial charge in [0.05, 0.1) is 5.52 Å². The van der Waals surface area contributed by atoms with Crippen molar-refractivity contribution < 1.29 is 0 Å². The number of alkyl halides is 1. The first-order valence-corrected chi connectivity index (χ1v) is 6.77. The minimum absolute atomic E-state index is 1.03. The van der Waals surface area contributed by atoms with Gasteiger partial charge in [-0.2, -0.15) is 0 Å². The number of benzene rings is 1. The number of aryl methyl sites for hydroxylation is 1. The van der Waals surface area contributed by atoms with Crippen LogP contribution in [0.4, 0.5) is 0 Å². The van der Waals surface area contributed by atoms with E-state index in [1.54, 1.807) is 6.33 Å². The quantitative estimate of drug-likeness (QED) is 0.615. The normalized spacial score (nSPS) is 10.8. The van der Waals surface area contributed by atoms with Crippen LogP contribution in [0.1, 0.15) is 24.8 Å². The predicted octanol–water partition coefficient (Wildman–Crippen LogP) is 3.74. The van der Waals surface area contributed by atoms with Gasteiger partial charge in [0.25, 0.3) is 0 Å². The summed E-state index contributed by atoms with van der Waals surface area (Å²) in [7, 11) is 0. The Morgan fingerprint density at radius 3 is 2.94 bits per heavy atom. The zero-order chi connectivity index (χ0) is 11.2. The van der Waals surface area contributed by atoms with E-state index in [1.807, 2.05) is 6.20 Å². The maximum absolute atomic E-state index is 4.21. The number of nitrogens with zero attached hydrogens (tertiary/aromatic N) is 2. The summed E-state index contributed by atoms with van der Waals surface area (Å²) in [4.78, 5) is 8.26. The maximum Gasteiger partial charge on any atom is 0.116 e. The van der Waals surface area contributed by atoms with Gasteiger partial charge in [0, 0.05) is 16.9 Å². The Bertz CT molecular complexity index is 456. The van der Waals surface area contributed by atoms with Gasteiger partial charge in [-0.15, -0.1) is 0 Å². The Morgan fingerprint density at radius 1 is 1.12 bits per heavy atom. The SMILES string of the molecule is BrCCCCCc1ccc2ncncc2c1. The van der Waals surface area contributed by atoms with Crippen LogP contribution in [-0.4, -0.2) is 15.3 Å². The molecule has 84 valence electrons. The molecule has 0 fully saturated rings. The van der Waals surface area contributed by atoms with Crippen LogP contribution in [0, 0.1) is 0 Å². The first kappa shape index (κ1) is 11.5. The maximum atomic E-state index is 4.21. The summed E-state index contributed by atoms with van der Waals surface area (Å²) < 4.78 is 0. The van der Waals surface area contributed by atoms with Crippen LogP contribution in [0.25, 0.3) is 10.9 Å². The molecule has 2 nitrogen and oxygen atoms in total. The molecule has 0 saturated heterocycles. The number of unbranched alkanes of at least 4 members (excludes halogenated alkanes) is 2. The average Bonchev–Trinajstić information content (AvgIpc) is 2.34. The summed E-state index contributed by atoms with van der Waals surface area (Å²) in [6.07, 6.45) is 8.43. The van der Waals surface area contributed by atoms with E-state index in [-0.39, 0.29) is 0 Å². The van der Waals surface area contributed by atoms with Crippen molar-refractivity contribution >= 4 is 26.8 Å². The molecule has 0 saturated carbocycles. The molecule has 1 heterocycles. The molecule has 2 aromatic rings. The third-order valence-corrected chi connectivity index (χ3v) is 3.23. The van der Waals surface area contributed by atoms with E-state index in [0.29, 0.717) is 0 Å². The van der Waals surface area contributed by atoms with E-state index in [4.69, 9.17) is 0 Å². The van der Waals surface area contributed by atoms with Crippen molar-refractivity contribution in [2.75, 3.05) is 5.33 Å². The minimum Gasteiger partial charge on any atom is -0.244 e. The average molecular weight is 279 g/mol. The van der Waals surface area contributed by atoms with Gasteiger partial charge >= 0.3 is 0 Å². The van der Waals surface area contributed by atoms with Crippen molar-refractivity contribution in [2.45, 2.75) is 25.7 Å². The van der Waals surface area contributed by atoms with Gasteiger partial charge in [0.1, 0.15) is 6.33 Å². The van der Waals surface area contributed by atoms with Crippen LogP contribution in [0.2, 0.25) is 0 Å². The summed E-state index contributed by atoms with van der Waals surface area (Å²) in [5, 5.41) is 2.25. The summed E-state index contributed by atoms with van der Waals surface area (Å²) in [5.74, 6) is 0. The highest BCUT2D eigenvalue weighted by molar-refractivity contribution is 9.09. The van der Waals surface area contributed by atoms with Gasteiger partial charge < -0.3 is 0 Å². The van der Waals surface area contributed by atoms with Crippen LogP contribution in [0.15, 0.2) is 30.7 Å². The Labute approximate surface area is 104 Å². The van der Waals surface area contributed by atoms with Gasteiger partial charge in [-0.1, -0.05) is 28.4 Å². The molecule has 0 aliphatic carbocycles. The summed E-state index contributed by atoms with van der Waals surface area (Å²) >= 11 is 3.45. The zero-order valence-electron chi connectivity index (χ0n) is 9.19. The van der Waals surface area contributed by atoms with Gasteiger partial charge in [0.15, 0.2) is 0 Å². The fraction of sp³-hybridized carbons (Fsp3) is 0.385. The molecular weight excluding hydrogens is 264 g/mol. The summed E-state index contributed by atoms with van der Waals surface area (Å²) in [6.45, 7) is 0. The van der Waals surface area contributed by atoms with Crippen molar-refractivity contribution in [2.24, 2.45) is 0 Å². The van der Waals surface area contributed by atoms with E-state index in [2.05, 4.69) is 44.1 Å². The van der Waals surface area contributed by atoms with E-state index in [0.717, 1.165) is 22.7 Å². The second kappa shape index (κ2) is 5.94. The fourth-order valence-corrected chi connectivity index (χ4v) is 2.19. The van der Waals surface area contributed by atoms with E-state index < -0.39 is 0 Å². The lowest BCUT2D eigenvalue weighted by atomic mass is 10.1. The molecule has 3 heteroatoms. The number of fused-ring (bicyclic) bond motifs is 1. The molecule has 0 N–H and O–H groups in total. The first-order valence-electron chi connectivity index (χ1n) is 5.65. The molecule has 2 rings (SSSR count). The number of halogens is 1. The molecule has 0 amide bonds. The van der Waals surface area contributed by atoms with Crippen molar-refractivity contribution in [1.82, 2.24) is 9.97 Å². The predicted molar refractivity (Wildman–Crippen MR) is 70.9 cm³/mol. The van der Waals surface area contributed by atoms with Crippen molar-refractivity contribution in [1.29, 1.82) is 0 Å². The molecule has 0 bridgehead atoms. The van der Waals surface area contributed by atoms with Crippen molar-refractivity contribution in [3.05, 3.63) is 36.3 Å². The Hall–Kier alpha value is -0.960. The summed E-state index contributed by atoms with van der Waals surface area (Å²) in [6, 6.07) is 6.45. The molecule has 0 atom stereocenters. The van der Waals surface area contributed by atoms with Crippen LogP contribution >= 0.6 is 15.9 Å². The molecule has 1 aromatic heterocycles. The lowest BCUT2D eigenvalue weighted by Crippen LogP contribution is -1.88. The number of hydrogen-bond acceptors (Lipinski definition) is 2. The first-order chi connectivity index (χ1) is 7.90. The van der Waals surface area contributed by atoms with Crippen molar-refractivity contribution in [3.63, 3.8) is 0 Å². The molecular formula is C13H15BrN2. The highest BCUT2D eigenvalue weighted by atomic mass is 79.9. The molecule has 16 heavy (non-hydrogen) atoms. The standard InChI is InChI=1S/C13H15BrN2/c14-7-3-1-2-4-11-5-6-13-12(8-11)9-15-10-16-13/h5-6,8-10H,1-4,7H2. The highest BCUT2D eigenvalue weighted by Gasteiger charge is 1.97. The molecule has 1 aromatic carbocycles. The Morgan fingerprint density at radius 2 is 2.06 bits per heavy atom. The molecule has 0 aliphatic rings. The van der Waals surface area contributed by atoms with Gasteiger partial charge in [-0.05, 0) is 37.0 Å². The largest absolute Gasteiger partial charge is 0.244 e. The number of rotatable bonds is 5. The van der Waals surface area contributed by atoms with Crippen LogP contribution in [0.3, 0.4) is 0 Å². The highest BCUT2D eigenvalue weighted by Crippen LogP contribution is 2.14. The fourth-order valence-electron chi connectivity index (χ4n) is 1.79. The summed E-state index contributed by atoms with van der Waals surface area (Å²) in [5.41, 5.74) is 2.41. The molecule has 0 radical (unpaired) electrons. The third-order valence-electron chi connectivity index (χ3n) is 2.67. The van der Waals surface area contributed by atoms with E-state index >= 15 is 0 Å². The van der Waals surface area contributed by atoms with Crippen LogP contribution < -0.4 is 0 Å². The Kier molecular flexibility index (Phi) is 4.28. The second-order valence-corrected chi connectivity index (χ2v) is 4.71. The molecule has 0 aliphatic heterocycles. The number of hydrogen-bond donors (Lipinski definition) is 0. The topological polar surface area (TPSA) is 25.8 Å². The minimum atomic E-state index is 1.03. The van der Waals surface area contributed by atoms with Crippen LogP contribution in [-0.2, 0) is 6.42 Å².